The second kappa shape index (κ2) is 8.60. The molecule has 0 aliphatic carbocycles. The Kier molecular flexibility index (Phi) is 6.69. The van der Waals surface area contributed by atoms with Crippen molar-refractivity contribution >= 4 is 56.5 Å². The highest BCUT2D eigenvalue weighted by molar-refractivity contribution is 7.92. The highest BCUT2D eigenvalue weighted by Crippen LogP contribution is 2.25. The van der Waals surface area contributed by atoms with E-state index < -0.39 is 21.9 Å². The van der Waals surface area contributed by atoms with Gasteiger partial charge in [-0.1, -0.05) is 23.2 Å². The number of halogens is 2. The van der Waals surface area contributed by atoms with Crippen molar-refractivity contribution in [2.75, 3.05) is 22.9 Å². The molecule has 0 fully saturated rings. The van der Waals surface area contributed by atoms with E-state index in [1.807, 2.05) is 0 Å². The third-order valence-corrected chi connectivity index (χ3v) is 4.50. The van der Waals surface area contributed by atoms with Crippen LogP contribution < -0.4 is 10.0 Å². The zero-order valence-electron chi connectivity index (χ0n) is 14.4. The number of anilines is 2. The van der Waals surface area contributed by atoms with Crippen LogP contribution in [0.15, 0.2) is 36.4 Å². The SMILES string of the molecule is CCOC(=O)c1cc(NC(=O)c2cc(NS(C)(=O)=O)ccc2Cl)ccc1Cl. The van der Waals surface area contributed by atoms with E-state index in [1.165, 1.54) is 36.4 Å². The quantitative estimate of drug-likeness (QED) is 0.678. The van der Waals surface area contributed by atoms with Gasteiger partial charge in [0.2, 0.25) is 10.0 Å². The predicted molar refractivity (Wildman–Crippen MR) is 105 cm³/mol. The third kappa shape index (κ3) is 5.85. The summed E-state index contributed by atoms with van der Waals surface area (Å²) in [6.45, 7) is 1.85. The number of ether oxygens (including phenoxy) is 1. The van der Waals surface area contributed by atoms with Crippen LogP contribution in [-0.2, 0) is 14.8 Å². The molecule has 2 aromatic carbocycles. The summed E-state index contributed by atoms with van der Waals surface area (Å²) in [6, 6.07) is 8.48. The summed E-state index contributed by atoms with van der Waals surface area (Å²) in [4.78, 5) is 24.4. The van der Waals surface area contributed by atoms with Gasteiger partial charge in [0.25, 0.3) is 5.91 Å². The molecule has 0 radical (unpaired) electrons. The van der Waals surface area contributed by atoms with E-state index in [0.29, 0.717) is 5.69 Å². The topological polar surface area (TPSA) is 102 Å². The molecule has 0 aliphatic rings. The minimum atomic E-state index is -3.51. The molecule has 2 N–H and O–H groups in total. The van der Waals surface area contributed by atoms with Gasteiger partial charge in [-0.3, -0.25) is 9.52 Å². The molecule has 144 valence electrons. The van der Waals surface area contributed by atoms with Crippen molar-refractivity contribution in [3.8, 4) is 0 Å². The largest absolute Gasteiger partial charge is 0.462 e. The Hall–Kier alpha value is -2.29. The van der Waals surface area contributed by atoms with E-state index in [4.69, 9.17) is 27.9 Å². The fourth-order valence-corrected chi connectivity index (χ4v) is 3.10. The van der Waals surface area contributed by atoms with Crippen LogP contribution in [0.25, 0.3) is 0 Å². The molecule has 0 heterocycles. The number of nitrogens with one attached hydrogen (secondary N) is 2. The summed E-state index contributed by atoms with van der Waals surface area (Å²) in [7, 11) is -3.51. The van der Waals surface area contributed by atoms with Crippen molar-refractivity contribution in [2.45, 2.75) is 6.92 Å². The van der Waals surface area contributed by atoms with Crippen LogP contribution in [-0.4, -0.2) is 33.2 Å². The minimum absolute atomic E-state index is 0.0537. The number of hydrogen-bond acceptors (Lipinski definition) is 5. The summed E-state index contributed by atoms with van der Waals surface area (Å²) in [6.07, 6.45) is 0.992. The Labute approximate surface area is 166 Å². The number of sulfonamides is 1. The molecule has 2 rings (SSSR count). The first-order valence-corrected chi connectivity index (χ1v) is 10.3. The van der Waals surface area contributed by atoms with E-state index in [0.717, 1.165) is 6.26 Å². The standard InChI is InChI=1S/C17H16Cl2N2O5S/c1-3-26-17(23)13-8-10(4-6-15(13)19)20-16(22)12-9-11(5-7-14(12)18)21-27(2,24)25/h4-9,21H,3H2,1-2H3,(H,20,22). The lowest BCUT2D eigenvalue weighted by atomic mass is 10.1. The van der Waals surface area contributed by atoms with Gasteiger partial charge >= 0.3 is 5.97 Å². The molecule has 0 atom stereocenters. The minimum Gasteiger partial charge on any atom is -0.462 e. The van der Waals surface area contributed by atoms with E-state index in [1.54, 1.807) is 6.92 Å². The Morgan fingerprint density at radius 3 is 2.15 bits per heavy atom. The highest BCUT2D eigenvalue weighted by atomic mass is 35.5. The van der Waals surface area contributed by atoms with Gasteiger partial charge in [-0.15, -0.1) is 0 Å². The maximum absolute atomic E-state index is 12.5. The van der Waals surface area contributed by atoms with Gasteiger partial charge in [-0.2, -0.15) is 0 Å². The van der Waals surface area contributed by atoms with Gasteiger partial charge in [0.15, 0.2) is 0 Å². The fraction of sp³-hybridized carbons (Fsp3) is 0.176. The predicted octanol–water partition coefficient (Wildman–Crippen LogP) is 3.79. The second-order valence-corrected chi connectivity index (χ2v) is 8.00. The number of esters is 1. The van der Waals surface area contributed by atoms with Crippen molar-refractivity contribution in [3.63, 3.8) is 0 Å². The maximum Gasteiger partial charge on any atom is 0.339 e. The Bertz CT molecular complexity index is 993. The monoisotopic (exact) mass is 430 g/mol. The van der Waals surface area contributed by atoms with Crippen LogP contribution in [0.4, 0.5) is 11.4 Å². The summed E-state index contributed by atoms with van der Waals surface area (Å²) >= 11 is 12.0. The van der Waals surface area contributed by atoms with Gasteiger partial charge in [-0.25, -0.2) is 13.2 Å². The van der Waals surface area contributed by atoms with Crippen LogP contribution >= 0.6 is 23.2 Å². The lowest BCUT2D eigenvalue weighted by Crippen LogP contribution is -2.15. The van der Waals surface area contributed by atoms with Gasteiger partial charge in [0, 0.05) is 11.4 Å². The average Bonchev–Trinajstić information content (AvgIpc) is 2.57. The van der Waals surface area contributed by atoms with Gasteiger partial charge in [-0.05, 0) is 43.3 Å². The van der Waals surface area contributed by atoms with E-state index in [-0.39, 0.29) is 33.5 Å². The Balaban J connectivity index is 2.28. The van der Waals surface area contributed by atoms with E-state index >= 15 is 0 Å². The first-order chi connectivity index (χ1) is 12.6. The Morgan fingerprint density at radius 1 is 1.00 bits per heavy atom. The van der Waals surface area contributed by atoms with Crippen molar-refractivity contribution in [1.82, 2.24) is 0 Å². The van der Waals surface area contributed by atoms with Crippen LogP contribution in [0.3, 0.4) is 0 Å². The van der Waals surface area contributed by atoms with E-state index in [2.05, 4.69) is 10.0 Å². The Morgan fingerprint density at radius 2 is 1.56 bits per heavy atom. The molecule has 0 aliphatic heterocycles. The lowest BCUT2D eigenvalue weighted by Gasteiger charge is -2.11. The molecule has 0 aromatic heterocycles. The number of benzene rings is 2. The normalized spacial score (nSPS) is 11.0. The fourth-order valence-electron chi connectivity index (χ4n) is 2.14. The smallest absolute Gasteiger partial charge is 0.339 e. The summed E-state index contributed by atoms with van der Waals surface area (Å²) in [5.74, 6) is -1.20. The van der Waals surface area contributed by atoms with Gasteiger partial charge < -0.3 is 10.1 Å². The van der Waals surface area contributed by atoms with Gasteiger partial charge in [0.1, 0.15) is 0 Å². The average molecular weight is 431 g/mol. The van der Waals surface area contributed by atoms with Crippen molar-refractivity contribution in [1.29, 1.82) is 0 Å². The number of amides is 1. The summed E-state index contributed by atoms with van der Waals surface area (Å²) in [5, 5.41) is 2.90. The molecular formula is C17H16Cl2N2O5S. The number of carbonyl (C=O) groups excluding carboxylic acids is 2. The van der Waals surface area contributed by atoms with Crippen molar-refractivity contribution in [2.24, 2.45) is 0 Å². The molecule has 0 saturated heterocycles. The van der Waals surface area contributed by atoms with Crippen LogP contribution in [0.1, 0.15) is 27.6 Å². The zero-order valence-corrected chi connectivity index (χ0v) is 16.7. The molecule has 7 nitrogen and oxygen atoms in total. The molecule has 0 saturated carbocycles. The maximum atomic E-state index is 12.5. The number of carbonyl (C=O) groups is 2. The highest BCUT2D eigenvalue weighted by Gasteiger charge is 2.16. The number of hydrogen-bond donors (Lipinski definition) is 2. The first kappa shape index (κ1) is 21.0. The summed E-state index contributed by atoms with van der Waals surface area (Å²) < 4.78 is 29.9. The van der Waals surface area contributed by atoms with Crippen molar-refractivity contribution < 1.29 is 22.7 Å². The van der Waals surface area contributed by atoms with E-state index in [9.17, 15) is 18.0 Å². The molecule has 0 spiro atoms. The summed E-state index contributed by atoms with van der Waals surface area (Å²) in [5.41, 5.74) is 0.647. The second-order valence-electron chi connectivity index (χ2n) is 5.44. The molecule has 0 unspecified atom stereocenters. The molecule has 2 aromatic rings. The van der Waals surface area contributed by atoms with Crippen LogP contribution in [0.2, 0.25) is 10.0 Å². The molecule has 0 bridgehead atoms. The number of rotatable bonds is 6. The van der Waals surface area contributed by atoms with Gasteiger partial charge in [0.05, 0.1) is 34.0 Å². The lowest BCUT2D eigenvalue weighted by molar-refractivity contribution is 0.0526. The molecule has 1 amide bonds. The zero-order chi connectivity index (χ0) is 20.2. The molecule has 27 heavy (non-hydrogen) atoms. The van der Waals surface area contributed by atoms with Crippen LogP contribution in [0, 0.1) is 0 Å². The van der Waals surface area contributed by atoms with Crippen molar-refractivity contribution in [3.05, 3.63) is 57.6 Å². The molecule has 10 heteroatoms. The molecular weight excluding hydrogens is 415 g/mol. The third-order valence-electron chi connectivity index (χ3n) is 3.23. The van der Waals surface area contributed by atoms with Crippen LogP contribution in [0.5, 0.6) is 0 Å². The first-order valence-electron chi connectivity index (χ1n) is 7.66.